The molecule has 2 aromatic carbocycles. The molecule has 0 aliphatic carbocycles. The third-order valence-electron chi connectivity index (χ3n) is 3.09. The number of carbonyl (C=O) groups excluding carboxylic acids is 1. The first-order valence-electron chi connectivity index (χ1n) is 5.92. The maximum absolute atomic E-state index is 11.1. The first-order valence-corrected chi connectivity index (χ1v) is 5.92. The second-order valence-corrected chi connectivity index (χ2v) is 4.25. The van der Waals surface area contributed by atoms with E-state index < -0.39 is 0 Å². The van der Waals surface area contributed by atoms with Gasteiger partial charge >= 0.3 is 6.09 Å². The Labute approximate surface area is 105 Å². The topological polar surface area (TPSA) is 38.3 Å². The zero-order chi connectivity index (χ0) is 12.4. The Morgan fingerprint density at radius 2 is 1.72 bits per heavy atom. The Bertz CT molecular complexity index is 566. The summed E-state index contributed by atoms with van der Waals surface area (Å²) in [6, 6.07) is 18.2. The van der Waals surface area contributed by atoms with E-state index in [1.54, 1.807) is 0 Å². The van der Waals surface area contributed by atoms with Crippen LogP contribution in [0.1, 0.15) is 11.6 Å². The highest BCUT2D eigenvalue weighted by molar-refractivity contribution is 5.73. The minimum absolute atomic E-state index is 0.0612. The van der Waals surface area contributed by atoms with Gasteiger partial charge in [-0.25, -0.2) is 4.79 Å². The molecule has 0 aromatic heterocycles. The van der Waals surface area contributed by atoms with Crippen LogP contribution in [0.15, 0.2) is 54.6 Å². The van der Waals surface area contributed by atoms with Gasteiger partial charge in [0.25, 0.3) is 0 Å². The number of rotatable bonds is 2. The predicted octanol–water partition coefficient (Wildman–Crippen LogP) is 3.13. The molecule has 90 valence electrons. The van der Waals surface area contributed by atoms with Gasteiger partial charge in [-0.2, -0.15) is 0 Å². The van der Waals surface area contributed by atoms with Gasteiger partial charge in [0, 0.05) is 0 Å². The molecule has 0 radical (unpaired) electrons. The normalized spacial score (nSPS) is 18.2. The molecule has 1 atom stereocenters. The quantitative estimate of drug-likeness (QED) is 0.874. The summed E-state index contributed by atoms with van der Waals surface area (Å²) in [6.07, 6.45) is -0.345. The number of ether oxygens (including phenoxy) is 1. The van der Waals surface area contributed by atoms with Crippen molar-refractivity contribution in [3.05, 3.63) is 60.2 Å². The van der Waals surface area contributed by atoms with Crippen molar-refractivity contribution in [1.82, 2.24) is 5.32 Å². The van der Waals surface area contributed by atoms with Crippen LogP contribution in [0.25, 0.3) is 11.1 Å². The lowest BCUT2D eigenvalue weighted by Crippen LogP contribution is -2.18. The molecule has 3 nitrogen and oxygen atoms in total. The summed E-state index contributed by atoms with van der Waals surface area (Å²) in [6.45, 7) is 0.392. The second kappa shape index (κ2) is 4.53. The van der Waals surface area contributed by atoms with Gasteiger partial charge in [0.1, 0.15) is 6.61 Å². The molecule has 1 fully saturated rings. The summed E-state index contributed by atoms with van der Waals surface area (Å²) in [5.74, 6) is 0. The lowest BCUT2D eigenvalue weighted by atomic mass is 9.95. The molecular weight excluding hydrogens is 226 g/mol. The first-order chi connectivity index (χ1) is 8.84. The number of hydrogen-bond donors (Lipinski definition) is 1. The Balaban J connectivity index is 2.03. The average Bonchev–Trinajstić information content (AvgIpc) is 2.86. The SMILES string of the molecule is O=C1NC(c2ccccc2-c2ccccc2)CO1. The van der Waals surface area contributed by atoms with E-state index in [9.17, 15) is 4.79 Å². The summed E-state index contributed by atoms with van der Waals surface area (Å²) in [7, 11) is 0. The van der Waals surface area contributed by atoms with E-state index in [-0.39, 0.29) is 12.1 Å². The zero-order valence-electron chi connectivity index (χ0n) is 9.80. The van der Waals surface area contributed by atoms with Crippen LogP contribution in [0, 0.1) is 0 Å². The van der Waals surface area contributed by atoms with Crippen molar-refractivity contribution < 1.29 is 9.53 Å². The highest BCUT2D eigenvalue weighted by Crippen LogP contribution is 2.29. The Hall–Kier alpha value is -2.29. The summed E-state index contributed by atoms with van der Waals surface area (Å²) in [5, 5.41) is 2.82. The van der Waals surface area contributed by atoms with Gasteiger partial charge in [0.15, 0.2) is 0 Å². The van der Waals surface area contributed by atoms with Crippen molar-refractivity contribution in [2.45, 2.75) is 6.04 Å². The molecule has 1 heterocycles. The number of carbonyl (C=O) groups is 1. The lowest BCUT2D eigenvalue weighted by molar-refractivity contribution is 0.177. The van der Waals surface area contributed by atoms with Crippen molar-refractivity contribution in [3.63, 3.8) is 0 Å². The Morgan fingerprint density at radius 1 is 1.00 bits per heavy atom. The molecule has 3 heteroatoms. The molecule has 0 bridgehead atoms. The van der Waals surface area contributed by atoms with Crippen LogP contribution in [0.2, 0.25) is 0 Å². The molecule has 1 aliphatic rings. The summed E-state index contributed by atoms with van der Waals surface area (Å²) in [4.78, 5) is 11.1. The molecule has 2 aromatic rings. The van der Waals surface area contributed by atoms with E-state index in [0.717, 1.165) is 16.7 Å². The molecule has 1 unspecified atom stereocenters. The maximum atomic E-state index is 11.1. The fraction of sp³-hybridized carbons (Fsp3) is 0.133. The summed E-state index contributed by atoms with van der Waals surface area (Å²) >= 11 is 0. The molecule has 1 saturated heterocycles. The Morgan fingerprint density at radius 3 is 2.44 bits per heavy atom. The van der Waals surface area contributed by atoms with E-state index >= 15 is 0 Å². The number of benzene rings is 2. The van der Waals surface area contributed by atoms with E-state index in [1.165, 1.54) is 0 Å². The largest absolute Gasteiger partial charge is 0.447 e. The number of alkyl carbamates (subject to hydrolysis) is 1. The van der Waals surface area contributed by atoms with Crippen LogP contribution in [0.5, 0.6) is 0 Å². The van der Waals surface area contributed by atoms with Crippen LogP contribution in [0.4, 0.5) is 4.79 Å². The highest BCUT2D eigenvalue weighted by Gasteiger charge is 2.25. The number of cyclic esters (lactones) is 1. The smallest absolute Gasteiger partial charge is 0.407 e. The molecule has 1 amide bonds. The zero-order valence-corrected chi connectivity index (χ0v) is 9.80. The molecule has 0 spiro atoms. The van der Waals surface area contributed by atoms with Gasteiger partial charge in [-0.15, -0.1) is 0 Å². The van der Waals surface area contributed by atoms with Crippen LogP contribution < -0.4 is 5.32 Å². The maximum Gasteiger partial charge on any atom is 0.407 e. The fourth-order valence-electron chi connectivity index (χ4n) is 2.23. The van der Waals surface area contributed by atoms with Crippen molar-refractivity contribution in [1.29, 1.82) is 0 Å². The summed E-state index contributed by atoms with van der Waals surface area (Å²) < 4.78 is 4.96. The predicted molar refractivity (Wildman–Crippen MR) is 69.1 cm³/mol. The number of nitrogens with one attached hydrogen (secondary N) is 1. The highest BCUT2D eigenvalue weighted by atomic mass is 16.6. The monoisotopic (exact) mass is 239 g/mol. The third kappa shape index (κ3) is 1.95. The molecule has 1 aliphatic heterocycles. The average molecular weight is 239 g/mol. The Kier molecular flexibility index (Phi) is 2.73. The molecule has 3 rings (SSSR count). The van der Waals surface area contributed by atoms with E-state index in [0.29, 0.717) is 6.61 Å². The summed E-state index contributed by atoms with van der Waals surface area (Å²) in [5.41, 5.74) is 3.37. The van der Waals surface area contributed by atoms with Crippen LogP contribution >= 0.6 is 0 Å². The molecule has 18 heavy (non-hydrogen) atoms. The number of amides is 1. The van der Waals surface area contributed by atoms with Crippen LogP contribution in [-0.2, 0) is 4.74 Å². The molecular formula is C15H13NO2. The standard InChI is InChI=1S/C15H13NO2/c17-15-16-14(10-18-15)13-9-5-4-8-12(13)11-6-2-1-3-7-11/h1-9,14H,10H2,(H,16,17). The van der Waals surface area contributed by atoms with Crippen LogP contribution in [0.3, 0.4) is 0 Å². The van der Waals surface area contributed by atoms with Crippen molar-refractivity contribution >= 4 is 6.09 Å². The minimum Gasteiger partial charge on any atom is -0.447 e. The minimum atomic E-state index is -0.345. The van der Waals surface area contributed by atoms with Gasteiger partial charge < -0.3 is 10.1 Å². The third-order valence-corrected chi connectivity index (χ3v) is 3.09. The van der Waals surface area contributed by atoms with E-state index in [2.05, 4.69) is 23.5 Å². The van der Waals surface area contributed by atoms with Gasteiger partial charge in [0.2, 0.25) is 0 Å². The molecule has 1 N–H and O–H groups in total. The van der Waals surface area contributed by atoms with Crippen molar-refractivity contribution in [2.24, 2.45) is 0 Å². The van der Waals surface area contributed by atoms with E-state index in [1.807, 2.05) is 36.4 Å². The van der Waals surface area contributed by atoms with Gasteiger partial charge in [0.05, 0.1) is 6.04 Å². The lowest BCUT2D eigenvalue weighted by Gasteiger charge is -2.13. The van der Waals surface area contributed by atoms with Crippen LogP contribution in [-0.4, -0.2) is 12.7 Å². The van der Waals surface area contributed by atoms with Gasteiger partial charge in [-0.1, -0.05) is 54.6 Å². The van der Waals surface area contributed by atoms with Crippen molar-refractivity contribution in [3.8, 4) is 11.1 Å². The van der Waals surface area contributed by atoms with E-state index in [4.69, 9.17) is 4.74 Å². The van der Waals surface area contributed by atoms with Gasteiger partial charge in [-0.3, -0.25) is 0 Å². The molecule has 0 saturated carbocycles. The van der Waals surface area contributed by atoms with Gasteiger partial charge in [-0.05, 0) is 16.7 Å². The van der Waals surface area contributed by atoms with Crippen molar-refractivity contribution in [2.75, 3.05) is 6.61 Å². The number of hydrogen-bond acceptors (Lipinski definition) is 2. The second-order valence-electron chi connectivity index (χ2n) is 4.25. The first kappa shape index (κ1) is 10.8. The fourth-order valence-corrected chi connectivity index (χ4v) is 2.23.